The van der Waals surface area contributed by atoms with Crippen LogP contribution >= 0.6 is 8.25 Å². The molecule has 2 aromatic heterocycles. The number of aromatic nitrogens is 3. The van der Waals surface area contributed by atoms with Crippen LogP contribution in [0.1, 0.15) is 5.69 Å². The minimum atomic E-state index is -3.11. The lowest BCUT2D eigenvalue weighted by atomic mass is 9.89. The molecule has 0 aromatic carbocycles. The summed E-state index contributed by atoms with van der Waals surface area (Å²) in [5.41, 5.74) is 1.54. The first kappa shape index (κ1) is 18.5. The number of anilines is 1. The van der Waals surface area contributed by atoms with Gasteiger partial charge in [-0.2, -0.15) is 10.4 Å². The van der Waals surface area contributed by atoms with E-state index in [1.807, 2.05) is 0 Å². The quantitative estimate of drug-likeness (QED) is 0.474. The maximum absolute atomic E-state index is 13.7. The zero-order valence-corrected chi connectivity index (χ0v) is 14.0. The molecule has 0 aliphatic carbocycles. The van der Waals surface area contributed by atoms with E-state index in [0.29, 0.717) is 5.52 Å². The number of nitrogens with two attached hydrogens (primary N) is 1. The van der Waals surface area contributed by atoms with Crippen LogP contribution in [0.5, 0.6) is 0 Å². The van der Waals surface area contributed by atoms with Crippen LogP contribution in [0, 0.1) is 11.3 Å². The number of hydrogen-bond donors (Lipinski definition) is 4. The van der Waals surface area contributed by atoms with Gasteiger partial charge in [0.2, 0.25) is 5.60 Å². The molecule has 2 aromatic rings. The van der Waals surface area contributed by atoms with Gasteiger partial charge in [0.1, 0.15) is 43.4 Å². The molecule has 5 N–H and O–H groups in total. The van der Waals surface area contributed by atoms with Gasteiger partial charge in [0.15, 0.2) is 11.4 Å². The maximum Gasteiger partial charge on any atom is 0.694 e. The molecule has 0 radical (unpaired) electrons. The number of rotatable bonds is 5. The number of halogens is 1. The molecule has 1 saturated heterocycles. The lowest BCUT2D eigenvalue weighted by Crippen LogP contribution is -2.48. The van der Waals surface area contributed by atoms with E-state index in [4.69, 9.17) is 15.4 Å². The average molecular weight is 386 g/mol. The number of nitrogens with zero attached hydrogens (tertiary/aromatic N) is 4. The predicted molar refractivity (Wildman–Crippen MR) is 82.3 cm³/mol. The van der Waals surface area contributed by atoms with E-state index in [1.54, 1.807) is 6.07 Å². The third-order valence-electron chi connectivity index (χ3n) is 4.29. The molecular formula is C13H14FN5O6P+. The topological polar surface area (TPSA) is 176 Å². The molecule has 1 fully saturated rings. The summed E-state index contributed by atoms with van der Waals surface area (Å²) in [6.45, 7) is -2.25. The summed E-state index contributed by atoms with van der Waals surface area (Å²) >= 11 is 0. The third kappa shape index (κ3) is 2.53. The van der Waals surface area contributed by atoms with Crippen molar-refractivity contribution in [3.05, 3.63) is 24.2 Å². The average Bonchev–Trinajstić information content (AvgIpc) is 3.15. The summed E-state index contributed by atoms with van der Waals surface area (Å²) in [5, 5.41) is 34.5. The molecule has 5 atom stereocenters. The van der Waals surface area contributed by atoms with Crippen LogP contribution in [-0.2, 0) is 19.4 Å². The molecule has 0 bridgehead atoms. The van der Waals surface area contributed by atoms with Crippen molar-refractivity contribution in [2.45, 2.75) is 23.4 Å². The molecule has 0 amide bonds. The van der Waals surface area contributed by atoms with E-state index in [0.717, 1.165) is 6.33 Å². The number of nitriles is 1. The second kappa shape index (κ2) is 6.48. The number of nitrogen functional groups attached to an aromatic ring is 1. The minimum Gasteiger partial charge on any atom is -0.387 e. The minimum absolute atomic E-state index is 0.0284. The van der Waals surface area contributed by atoms with Crippen LogP contribution in [0.25, 0.3) is 5.52 Å². The highest BCUT2D eigenvalue weighted by Gasteiger charge is 2.65. The van der Waals surface area contributed by atoms with Crippen molar-refractivity contribution in [3.63, 3.8) is 0 Å². The molecule has 26 heavy (non-hydrogen) atoms. The number of ether oxygens (including phenoxy) is 1. The number of aliphatic hydroxyl groups excluding tert-OH is 2. The summed E-state index contributed by atoms with van der Waals surface area (Å²) in [5.74, 6) is 0.0877. The van der Waals surface area contributed by atoms with Crippen LogP contribution in [0.3, 0.4) is 0 Å². The molecule has 11 nitrogen and oxygen atoms in total. The molecule has 1 aliphatic heterocycles. The van der Waals surface area contributed by atoms with E-state index in [1.165, 1.54) is 16.6 Å². The fraction of sp³-hybridized carbons (Fsp3) is 0.462. The Bertz CT molecular complexity index is 905. The van der Waals surface area contributed by atoms with Crippen molar-refractivity contribution < 1.29 is 33.3 Å². The Kier molecular flexibility index (Phi) is 4.61. The Morgan fingerprint density at radius 2 is 2.23 bits per heavy atom. The second-order valence-electron chi connectivity index (χ2n) is 5.71. The molecule has 1 unspecified atom stereocenters. The Morgan fingerprint density at radius 3 is 2.85 bits per heavy atom. The third-order valence-corrected chi connectivity index (χ3v) is 4.64. The SMILES string of the molecule is N#C[C@@]1(c2ccc3c(N)ncnn23)O[C@](CF)(CO[P+](=O)O)[C@@H](O)[C@H]1O. The zero-order chi connectivity index (χ0) is 19.1. The van der Waals surface area contributed by atoms with E-state index in [2.05, 4.69) is 14.6 Å². The maximum atomic E-state index is 13.7. The Hall–Kier alpha value is -2.26. The van der Waals surface area contributed by atoms with Crippen LogP contribution in [-0.4, -0.2) is 60.8 Å². The first-order valence-electron chi connectivity index (χ1n) is 7.22. The van der Waals surface area contributed by atoms with Crippen LogP contribution < -0.4 is 5.73 Å². The van der Waals surface area contributed by atoms with Gasteiger partial charge in [-0.1, -0.05) is 0 Å². The number of fused-ring (bicyclic) bond motifs is 1. The van der Waals surface area contributed by atoms with Gasteiger partial charge >= 0.3 is 8.25 Å². The second-order valence-corrected chi connectivity index (χ2v) is 6.44. The molecule has 3 rings (SSSR count). The standard InChI is InChI=1S/C13H13FN5O6P/c14-3-12(5-24-26(22)23)9(20)10(21)13(4-15,25-12)8-2-1-7-11(16)17-6-18-19(7)8/h1-2,6,9-10,20-21H,3,5H2,(H2-,16,17,18,22,23)/p+1/t9-,10+,12+,13-/m0/s1. The van der Waals surface area contributed by atoms with Crippen LogP contribution in [0.4, 0.5) is 10.2 Å². The Balaban J connectivity index is 2.13. The number of alkyl halides is 1. The van der Waals surface area contributed by atoms with E-state index < -0.39 is 44.9 Å². The van der Waals surface area contributed by atoms with Crippen molar-refractivity contribution >= 4 is 19.6 Å². The molecular weight excluding hydrogens is 372 g/mol. The van der Waals surface area contributed by atoms with E-state index in [9.17, 15) is 24.4 Å². The Labute approximate surface area is 146 Å². The molecule has 13 heteroatoms. The lowest BCUT2D eigenvalue weighted by Gasteiger charge is -2.27. The van der Waals surface area contributed by atoms with Gasteiger partial charge in [0.25, 0.3) is 0 Å². The fourth-order valence-electron chi connectivity index (χ4n) is 2.96. The smallest absolute Gasteiger partial charge is 0.387 e. The fourth-order valence-corrected chi connectivity index (χ4v) is 3.29. The molecule has 0 spiro atoms. The highest BCUT2D eigenvalue weighted by Crippen LogP contribution is 2.46. The van der Waals surface area contributed by atoms with E-state index >= 15 is 0 Å². The number of hydrogen-bond acceptors (Lipinski definition) is 9. The van der Waals surface area contributed by atoms with Gasteiger partial charge in [0, 0.05) is 4.57 Å². The summed E-state index contributed by atoms with van der Waals surface area (Å²) in [4.78, 5) is 12.6. The van der Waals surface area contributed by atoms with Crippen LogP contribution in [0.2, 0.25) is 0 Å². The van der Waals surface area contributed by atoms with Gasteiger partial charge in [-0.15, -0.1) is 9.42 Å². The summed E-state index contributed by atoms with van der Waals surface area (Å²) in [7, 11) is -3.11. The van der Waals surface area contributed by atoms with Crippen molar-refractivity contribution in [1.29, 1.82) is 5.26 Å². The van der Waals surface area contributed by atoms with Gasteiger partial charge < -0.3 is 20.7 Å². The largest absolute Gasteiger partial charge is 0.694 e. The first-order chi connectivity index (χ1) is 12.3. The molecule has 0 saturated carbocycles. The highest BCUT2D eigenvalue weighted by atomic mass is 31.1. The van der Waals surface area contributed by atoms with Crippen molar-refractivity contribution in [2.75, 3.05) is 19.0 Å². The van der Waals surface area contributed by atoms with Crippen LogP contribution in [0.15, 0.2) is 18.5 Å². The lowest BCUT2D eigenvalue weighted by molar-refractivity contribution is -0.140. The summed E-state index contributed by atoms with van der Waals surface area (Å²) in [6, 6.07) is 4.56. The summed E-state index contributed by atoms with van der Waals surface area (Å²) in [6.07, 6.45) is -2.72. The molecule has 3 heterocycles. The van der Waals surface area contributed by atoms with Gasteiger partial charge in [-0.05, 0) is 12.1 Å². The zero-order valence-electron chi connectivity index (χ0n) is 13.1. The normalized spacial score (nSPS) is 31.9. The van der Waals surface area contributed by atoms with Gasteiger partial charge in [-0.3, -0.25) is 0 Å². The van der Waals surface area contributed by atoms with Gasteiger partial charge in [-0.25, -0.2) is 13.9 Å². The highest BCUT2D eigenvalue weighted by molar-refractivity contribution is 7.32. The Morgan fingerprint density at radius 1 is 1.50 bits per heavy atom. The predicted octanol–water partition coefficient (Wildman–Crippen LogP) is -0.843. The van der Waals surface area contributed by atoms with Crippen molar-refractivity contribution in [2.24, 2.45) is 0 Å². The van der Waals surface area contributed by atoms with E-state index in [-0.39, 0.29) is 11.5 Å². The first-order valence-corrected chi connectivity index (χ1v) is 8.35. The summed E-state index contributed by atoms with van der Waals surface area (Å²) < 4.78 is 35.6. The number of aliphatic hydroxyl groups is 2. The van der Waals surface area contributed by atoms with Crippen molar-refractivity contribution in [3.8, 4) is 6.07 Å². The van der Waals surface area contributed by atoms with Gasteiger partial charge in [0.05, 0.1) is 5.69 Å². The van der Waals surface area contributed by atoms with Crippen molar-refractivity contribution in [1.82, 2.24) is 14.6 Å². The monoisotopic (exact) mass is 386 g/mol. The molecule has 1 aliphatic rings. The molecule has 138 valence electrons.